The standard InChI is InChI=1S/C15H14BrNO2/c16-14-8-4-3-7-13(14)15(19)17-9-11-5-1-2-6-12(11)10-18/h1-8,18H,9-10H2,(H,17,19). The molecule has 0 aromatic heterocycles. The Morgan fingerprint density at radius 2 is 1.68 bits per heavy atom. The van der Waals surface area contributed by atoms with Crippen LogP contribution in [-0.2, 0) is 13.2 Å². The Hall–Kier alpha value is -1.65. The van der Waals surface area contributed by atoms with Crippen LogP contribution in [0.15, 0.2) is 53.0 Å². The molecule has 3 nitrogen and oxygen atoms in total. The predicted octanol–water partition coefficient (Wildman–Crippen LogP) is 2.87. The topological polar surface area (TPSA) is 49.3 Å². The highest BCUT2D eigenvalue weighted by atomic mass is 79.9. The molecule has 0 aliphatic rings. The van der Waals surface area contributed by atoms with Gasteiger partial charge in [-0.15, -0.1) is 0 Å². The molecule has 4 heteroatoms. The van der Waals surface area contributed by atoms with Crippen molar-refractivity contribution in [3.63, 3.8) is 0 Å². The van der Waals surface area contributed by atoms with Crippen LogP contribution in [0.5, 0.6) is 0 Å². The van der Waals surface area contributed by atoms with Crippen LogP contribution in [0.4, 0.5) is 0 Å². The molecule has 2 aromatic carbocycles. The first-order chi connectivity index (χ1) is 9.22. The third kappa shape index (κ3) is 3.43. The molecule has 2 aromatic rings. The molecule has 0 radical (unpaired) electrons. The van der Waals surface area contributed by atoms with Gasteiger partial charge in [0, 0.05) is 11.0 Å². The van der Waals surface area contributed by atoms with Gasteiger partial charge in [-0.1, -0.05) is 36.4 Å². The lowest BCUT2D eigenvalue weighted by atomic mass is 10.1. The number of rotatable bonds is 4. The number of amides is 1. The minimum absolute atomic E-state index is 0.0267. The summed E-state index contributed by atoms with van der Waals surface area (Å²) in [4.78, 5) is 12.0. The summed E-state index contributed by atoms with van der Waals surface area (Å²) >= 11 is 3.35. The fourth-order valence-corrected chi connectivity index (χ4v) is 2.27. The molecule has 1 amide bonds. The average Bonchev–Trinajstić information content (AvgIpc) is 2.45. The molecule has 0 atom stereocenters. The van der Waals surface area contributed by atoms with Crippen LogP contribution in [-0.4, -0.2) is 11.0 Å². The van der Waals surface area contributed by atoms with Gasteiger partial charge >= 0.3 is 0 Å². The normalized spacial score (nSPS) is 10.2. The van der Waals surface area contributed by atoms with E-state index in [9.17, 15) is 9.90 Å². The van der Waals surface area contributed by atoms with E-state index in [-0.39, 0.29) is 12.5 Å². The van der Waals surface area contributed by atoms with Gasteiger partial charge in [-0.2, -0.15) is 0 Å². The van der Waals surface area contributed by atoms with E-state index < -0.39 is 0 Å². The van der Waals surface area contributed by atoms with Crippen LogP contribution in [0.1, 0.15) is 21.5 Å². The van der Waals surface area contributed by atoms with Gasteiger partial charge in [-0.25, -0.2) is 0 Å². The highest BCUT2D eigenvalue weighted by Gasteiger charge is 2.09. The molecule has 0 spiro atoms. The molecule has 0 saturated heterocycles. The molecule has 0 fully saturated rings. The molecular formula is C15H14BrNO2. The Bertz CT molecular complexity index is 584. The summed E-state index contributed by atoms with van der Waals surface area (Å²) in [6, 6.07) is 14.8. The van der Waals surface area contributed by atoms with Crippen LogP contribution in [0.3, 0.4) is 0 Å². The van der Waals surface area contributed by atoms with E-state index in [2.05, 4.69) is 21.2 Å². The summed E-state index contributed by atoms with van der Waals surface area (Å²) in [7, 11) is 0. The minimum atomic E-state index is -0.139. The first-order valence-electron chi connectivity index (χ1n) is 5.92. The minimum Gasteiger partial charge on any atom is -0.392 e. The third-order valence-corrected chi connectivity index (χ3v) is 3.54. The Kier molecular flexibility index (Phi) is 4.71. The van der Waals surface area contributed by atoms with Crippen LogP contribution in [0.25, 0.3) is 0 Å². The zero-order valence-corrected chi connectivity index (χ0v) is 11.9. The first-order valence-corrected chi connectivity index (χ1v) is 6.72. The fraction of sp³-hybridized carbons (Fsp3) is 0.133. The van der Waals surface area contributed by atoms with E-state index >= 15 is 0 Å². The van der Waals surface area contributed by atoms with Crippen LogP contribution in [0, 0.1) is 0 Å². The molecule has 19 heavy (non-hydrogen) atoms. The number of hydrogen-bond acceptors (Lipinski definition) is 2. The van der Waals surface area contributed by atoms with Crippen molar-refractivity contribution in [1.29, 1.82) is 0 Å². The van der Waals surface area contributed by atoms with Gasteiger partial charge in [0.2, 0.25) is 0 Å². The number of aliphatic hydroxyl groups is 1. The smallest absolute Gasteiger partial charge is 0.252 e. The monoisotopic (exact) mass is 319 g/mol. The number of benzene rings is 2. The lowest BCUT2D eigenvalue weighted by Crippen LogP contribution is -2.23. The third-order valence-electron chi connectivity index (χ3n) is 2.85. The van der Waals surface area contributed by atoms with Gasteiger partial charge < -0.3 is 10.4 Å². The van der Waals surface area contributed by atoms with E-state index in [0.29, 0.717) is 12.1 Å². The summed E-state index contributed by atoms with van der Waals surface area (Å²) < 4.78 is 0.767. The second-order valence-corrected chi connectivity index (χ2v) is 4.94. The van der Waals surface area contributed by atoms with Crippen molar-refractivity contribution in [1.82, 2.24) is 5.32 Å². The van der Waals surface area contributed by atoms with Gasteiger partial charge in [0.25, 0.3) is 5.91 Å². The zero-order chi connectivity index (χ0) is 13.7. The molecule has 0 aliphatic carbocycles. The lowest BCUT2D eigenvalue weighted by molar-refractivity contribution is 0.0950. The summed E-state index contributed by atoms with van der Waals surface area (Å²) in [6.07, 6.45) is 0. The number of aliphatic hydroxyl groups excluding tert-OH is 1. The molecular weight excluding hydrogens is 306 g/mol. The van der Waals surface area contributed by atoms with Gasteiger partial charge in [0.1, 0.15) is 0 Å². The van der Waals surface area contributed by atoms with Gasteiger partial charge in [0.05, 0.1) is 12.2 Å². The number of carbonyl (C=O) groups is 1. The van der Waals surface area contributed by atoms with Crippen molar-refractivity contribution in [3.05, 3.63) is 69.7 Å². The summed E-state index contributed by atoms with van der Waals surface area (Å²) in [5.74, 6) is -0.139. The SMILES string of the molecule is O=C(NCc1ccccc1CO)c1ccccc1Br. The molecule has 98 valence electrons. The van der Waals surface area contributed by atoms with Crippen molar-refractivity contribution >= 4 is 21.8 Å². The van der Waals surface area contributed by atoms with E-state index in [4.69, 9.17) is 0 Å². The maximum absolute atomic E-state index is 12.0. The maximum atomic E-state index is 12.0. The highest BCUT2D eigenvalue weighted by molar-refractivity contribution is 9.10. The average molecular weight is 320 g/mol. The quantitative estimate of drug-likeness (QED) is 0.910. The maximum Gasteiger partial charge on any atom is 0.252 e. The Labute approximate surface area is 120 Å². The second-order valence-electron chi connectivity index (χ2n) is 4.09. The number of carbonyl (C=O) groups excluding carboxylic acids is 1. The first kappa shape index (κ1) is 13.8. The largest absolute Gasteiger partial charge is 0.392 e. The number of nitrogens with one attached hydrogen (secondary N) is 1. The summed E-state index contributed by atoms with van der Waals surface area (Å²) in [5, 5.41) is 12.1. The fourth-order valence-electron chi connectivity index (χ4n) is 1.80. The van der Waals surface area contributed by atoms with Crippen molar-refractivity contribution < 1.29 is 9.90 Å². The Morgan fingerprint density at radius 3 is 2.37 bits per heavy atom. The molecule has 0 bridgehead atoms. The number of halogens is 1. The van der Waals surface area contributed by atoms with Crippen molar-refractivity contribution in [2.75, 3.05) is 0 Å². The molecule has 0 heterocycles. The van der Waals surface area contributed by atoms with Crippen LogP contribution < -0.4 is 5.32 Å². The number of hydrogen-bond donors (Lipinski definition) is 2. The predicted molar refractivity (Wildman–Crippen MR) is 77.7 cm³/mol. The summed E-state index contributed by atoms with van der Waals surface area (Å²) in [5.41, 5.74) is 2.35. The Balaban J connectivity index is 2.07. The zero-order valence-electron chi connectivity index (χ0n) is 10.3. The molecule has 0 unspecified atom stereocenters. The molecule has 2 N–H and O–H groups in total. The van der Waals surface area contributed by atoms with E-state index in [0.717, 1.165) is 15.6 Å². The van der Waals surface area contributed by atoms with Crippen LogP contribution in [0.2, 0.25) is 0 Å². The second kappa shape index (κ2) is 6.50. The van der Waals surface area contributed by atoms with E-state index in [1.54, 1.807) is 6.07 Å². The highest BCUT2D eigenvalue weighted by Crippen LogP contribution is 2.16. The van der Waals surface area contributed by atoms with Crippen molar-refractivity contribution in [3.8, 4) is 0 Å². The molecule has 2 rings (SSSR count). The summed E-state index contributed by atoms with van der Waals surface area (Å²) in [6.45, 7) is 0.373. The van der Waals surface area contributed by atoms with E-state index in [1.807, 2.05) is 42.5 Å². The van der Waals surface area contributed by atoms with Crippen LogP contribution >= 0.6 is 15.9 Å². The van der Waals surface area contributed by atoms with Gasteiger partial charge in [0.15, 0.2) is 0 Å². The Morgan fingerprint density at radius 1 is 1.05 bits per heavy atom. The molecule has 0 aliphatic heterocycles. The van der Waals surface area contributed by atoms with Gasteiger partial charge in [-0.3, -0.25) is 4.79 Å². The van der Waals surface area contributed by atoms with Gasteiger partial charge in [-0.05, 0) is 39.2 Å². The molecule has 0 saturated carbocycles. The van der Waals surface area contributed by atoms with Crippen molar-refractivity contribution in [2.24, 2.45) is 0 Å². The lowest BCUT2D eigenvalue weighted by Gasteiger charge is -2.09. The van der Waals surface area contributed by atoms with E-state index in [1.165, 1.54) is 0 Å². The van der Waals surface area contributed by atoms with Crippen molar-refractivity contribution in [2.45, 2.75) is 13.2 Å².